The van der Waals surface area contributed by atoms with Crippen LogP contribution in [0.15, 0.2) is 59.1 Å². The van der Waals surface area contributed by atoms with Gasteiger partial charge in [0.25, 0.3) is 5.91 Å². The predicted molar refractivity (Wildman–Crippen MR) is 110 cm³/mol. The number of rotatable bonds is 7. The molecule has 0 aliphatic rings. The molecule has 3 aromatic rings. The van der Waals surface area contributed by atoms with Crippen LogP contribution in [0.1, 0.15) is 50.8 Å². The molecule has 0 saturated heterocycles. The Bertz CT molecular complexity index is 1010. The Morgan fingerprint density at radius 3 is 2.53 bits per heavy atom. The number of aryl methyl sites for hydroxylation is 1. The molecule has 7 nitrogen and oxygen atoms in total. The molecule has 2 aromatic heterocycles. The SMILES string of the molecule is COC(=O)c1cc(CN(C)C(=O)c2ccc(O[C@@H](C)c3ccccc3)nc2)oc1C. The number of furan rings is 1. The van der Waals surface area contributed by atoms with Gasteiger partial charge in [-0.3, -0.25) is 4.79 Å². The van der Waals surface area contributed by atoms with E-state index in [1.54, 1.807) is 32.2 Å². The molecular formula is C23H24N2O5. The largest absolute Gasteiger partial charge is 0.470 e. The summed E-state index contributed by atoms with van der Waals surface area (Å²) >= 11 is 0. The number of amides is 1. The maximum atomic E-state index is 12.7. The number of carbonyl (C=O) groups is 2. The molecule has 0 radical (unpaired) electrons. The molecule has 1 amide bonds. The summed E-state index contributed by atoms with van der Waals surface area (Å²) in [6.45, 7) is 3.83. The Morgan fingerprint density at radius 2 is 1.90 bits per heavy atom. The van der Waals surface area contributed by atoms with Gasteiger partial charge < -0.3 is 18.8 Å². The van der Waals surface area contributed by atoms with E-state index >= 15 is 0 Å². The second-order valence-electron chi connectivity index (χ2n) is 6.89. The minimum atomic E-state index is -0.471. The Labute approximate surface area is 175 Å². The molecule has 156 valence electrons. The normalized spacial score (nSPS) is 11.6. The van der Waals surface area contributed by atoms with Crippen molar-refractivity contribution in [3.8, 4) is 5.88 Å². The van der Waals surface area contributed by atoms with E-state index in [-0.39, 0.29) is 18.6 Å². The fourth-order valence-corrected chi connectivity index (χ4v) is 3.01. The van der Waals surface area contributed by atoms with Gasteiger partial charge in [-0.15, -0.1) is 0 Å². The number of hydrogen-bond donors (Lipinski definition) is 0. The topological polar surface area (TPSA) is 81.9 Å². The second-order valence-corrected chi connectivity index (χ2v) is 6.89. The first-order chi connectivity index (χ1) is 14.4. The number of pyridine rings is 1. The van der Waals surface area contributed by atoms with E-state index in [1.165, 1.54) is 18.2 Å². The quantitative estimate of drug-likeness (QED) is 0.546. The maximum absolute atomic E-state index is 12.7. The third kappa shape index (κ3) is 4.86. The van der Waals surface area contributed by atoms with Gasteiger partial charge in [0.2, 0.25) is 5.88 Å². The Kier molecular flexibility index (Phi) is 6.51. The summed E-state index contributed by atoms with van der Waals surface area (Å²) in [6, 6.07) is 14.8. The van der Waals surface area contributed by atoms with Gasteiger partial charge in [0, 0.05) is 19.3 Å². The van der Waals surface area contributed by atoms with Crippen LogP contribution in [0, 0.1) is 6.92 Å². The lowest BCUT2D eigenvalue weighted by atomic mass is 10.1. The van der Waals surface area contributed by atoms with Gasteiger partial charge in [-0.1, -0.05) is 30.3 Å². The molecule has 0 unspecified atom stereocenters. The van der Waals surface area contributed by atoms with E-state index in [2.05, 4.69) is 4.98 Å². The molecule has 3 rings (SSSR count). The van der Waals surface area contributed by atoms with Crippen LogP contribution in [-0.4, -0.2) is 35.9 Å². The van der Waals surface area contributed by atoms with Crippen molar-refractivity contribution in [2.75, 3.05) is 14.2 Å². The first-order valence-corrected chi connectivity index (χ1v) is 9.49. The lowest BCUT2D eigenvalue weighted by Crippen LogP contribution is -2.26. The highest BCUT2D eigenvalue weighted by Crippen LogP contribution is 2.21. The van der Waals surface area contributed by atoms with Gasteiger partial charge in [0.1, 0.15) is 23.2 Å². The molecule has 1 atom stereocenters. The van der Waals surface area contributed by atoms with E-state index in [1.807, 2.05) is 37.3 Å². The van der Waals surface area contributed by atoms with Gasteiger partial charge in [-0.2, -0.15) is 0 Å². The van der Waals surface area contributed by atoms with Crippen molar-refractivity contribution in [2.45, 2.75) is 26.5 Å². The van der Waals surface area contributed by atoms with Crippen LogP contribution in [0.25, 0.3) is 0 Å². The summed E-state index contributed by atoms with van der Waals surface area (Å²) in [5.41, 5.74) is 1.82. The molecule has 0 fully saturated rings. The second kappa shape index (κ2) is 9.26. The van der Waals surface area contributed by atoms with Crippen molar-refractivity contribution in [3.05, 3.63) is 82.9 Å². The number of esters is 1. The summed E-state index contributed by atoms with van der Waals surface area (Å²) < 4.78 is 16.1. The molecule has 0 aliphatic carbocycles. The maximum Gasteiger partial charge on any atom is 0.341 e. The minimum absolute atomic E-state index is 0.158. The first kappa shape index (κ1) is 21.1. The van der Waals surface area contributed by atoms with E-state index in [9.17, 15) is 9.59 Å². The number of methoxy groups -OCH3 is 1. The van der Waals surface area contributed by atoms with Crippen molar-refractivity contribution in [1.82, 2.24) is 9.88 Å². The van der Waals surface area contributed by atoms with Crippen LogP contribution in [-0.2, 0) is 11.3 Å². The molecule has 0 saturated carbocycles. The first-order valence-electron chi connectivity index (χ1n) is 9.49. The van der Waals surface area contributed by atoms with Crippen LogP contribution in [0.5, 0.6) is 5.88 Å². The van der Waals surface area contributed by atoms with Crippen molar-refractivity contribution in [1.29, 1.82) is 0 Å². The summed E-state index contributed by atoms with van der Waals surface area (Å²) in [5.74, 6) is 0.691. The van der Waals surface area contributed by atoms with E-state index in [4.69, 9.17) is 13.9 Å². The van der Waals surface area contributed by atoms with Gasteiger partial charge in [0.15, 0.2) is 0 Å². The zero-order chi connectivity index (χ0) is 21.7. The van der Waals surface area contributed by atoms with Gasteiger partial charge >= 0.3 is 5.97 Å². The molecule has 0 N–H and O–H groups in total. The molecule has 1 aromatic carbocycles. The lowest BCUT2D eigenvalue weighted by Gasteiger charge is -2.17. The van der Waals surface area contributed by atoms with Crippen LogP contribution < -0.4 is 4.74 Å². The van der Waals surface area contributed by atoms with Crippen LogP contribution in [0.2, 0.25) is 0 Å². The highest BCUT2D eigenvalue weighted by atomic mass is 16.5. The highest BCUT2D eigenvalue weighted by molar-refractivity contribution is 5.94. The fraction of sp³-hybridized carbons (Fsp3) is 0.261. The molecular weight excluding hydrogens is 384 g/mol. The third-order valence-electron chi connectivity index (χ3n) is 4.66. The van der Waals surface area contributed by atoms with Crippen LogP contribution in [0.3, 0.4) is 0 Å². The molecule has 7 heteroatoms. The Morgan fingerprint density at radius 1 is 1.17 bits per heavy atom. The number of ether oxygens (including phenoxy) is 2. The fourth-order valence-electron chi connectivity index (χ4n) is 3.01. The highest BCUT2D eigenvalue weighted by Gasteiger charge is 2.19. The Balaban J connectivity index is 1.63. The lowest BCUT2D eigenvalue weighted by molar-refractivity contribution is 0.0598. The zero-order valence-corrected chi connectivity index (χ0v) is 17.4. The van der Waals surface area contributed by atoms with Crippen molar-refractivity contribution in [2.24, 2.45) is 0 Å². The van der Waals surface area contributed by atoms with E-state index < -0.39 is 5.97 Å². The van der Waals surface area contributed by atoms with E-state index in [0.717, 1.165) is 5.56 Å². The minimum Gasteiger partial charge on any atom is -0.470 e. The van der Waals surface area contributed by atoms with Crippen molar-refractivity contribution in [3.63, 3.8) is 0 Å². The number of nitrogens with zero attached hydrogens (tertiary/aromatic N) is 2. The standard InChI is InChI=1S/C23H24N2O5/c1-15(17-8-6-5-7-9-17)30-21-11-10-18(13-24-21)22(26)25(3)14-19-12-20(16(2)29-19)23(27)28-4/h5-13,15H,14H2,1-4H3/t15-/m0/s1. The van der Waals surface area contributed by atoms with Gasteiger partial charge in [0.05, 0.1) is 19.2 Å². The van der Waals surface area contributed by atoms with Crippen LogP contribution >= 0.6 is 0 Å². The van der Waals surface area contributed by atoms with Crippen molar-refractivity contribution >= 4 is 11.9 Å². The summed E-state index contributed by atoms with van der Waals surface area (Å²) in [4.78, 5) is 30.1. The summed E-state index contributed by atoms with van der Waals surface area (Å²) in [6.07, 6.45) is 1.33. The molecule has 2 heterocycles. The van der Waals surface area contributed by atoms with Gasteiger partial charge in [-0.25, -0.2) is 9.78 Å². The number of carbonyl (C=O) groups excluding carboxylic acids is 2. The average molecular weight is 408 g/mol. The summed E-state index contributed by atoms with van der Waals surface area (Å²) in [7, 11) is 2.96. The third-order valence-corrected chi connectivity index (χ3v) is 4.66. The molecule has 30 heavy (non-hydrogen) atoms. The Hall–Kier alpha value is -3.61. The molecule has 0 spiro atoms. The summed E-state index contributed by atoms with van der Waals surface area (Å²) in [5, 5.41) is 0. The smallest absolute Gasteiger partial charge is 0.341 e. The van der Waals surface area contributed by atoms with Gasteiger partial charge in [-0.05, 0) is 31.5 Å². The monoisotopic (exact) mass is 408 g/mol. The predicted octanol–water partition coefficient (Wildman–Crippen LogP) is 4.18. The van der Waals surface area contributed by atoms with E-state index in [0.29, 0.717) is 28.5 Å². The molecule has 0 bridgehead atoms. The number of hydrogen-bond acceptors (Lipinski definition) is 6. The number of aromatic nitrogens is 1. The zero-order valence-electron chi connectivity index (χ0n) is 17.4. The number of benzene rings is 1. The molecule has 0 aliphatic heterocycles. The average Bonchev–Trinajstić information content (AvgIpc) is 3.13. The van der Waals surface area contributed by atoms with Crippen LogP contribution in [0.4, 0.5) is 0 Å². The van der Waals surface area contributed by atoms with Crippen molar-refractivity contribution < 1.29 is 23.5 Å².